The topological polar surface area (TPSA) is 46.3 Å². The predicted octanol–water partition coefficient (Wildman–Crippen LogP) is 3.78. The number of benzene rings is 1. The second-order valence-corrected chi connectivity index (χ2v) is 7.56. The Hall–Kier alpha value is -1.06. The summed E-state index contributed by atoms with van der Waals surface area (Å²) in [5.74, 6) is 1.63. The minimum absolute atomic E-state index is 0. The molecular formula is C20H31ClN2O. The molecule has 4 heteroatoms. The van der Waals surface area contributed by atoms with Crippen molar-refractivity contribution in [3.05, 3.63) is 35.4 Å². The zero-order chi connectivity index (χ0) is 16.4. The number of fused-ring (bicyclic) bond motifs is 2. The highest BCUT2D eigenvalue weighted by Gasteiger charge is 2.41. The van der Waals surface area contributed by atoms with Crippen LogP contribution in [0, 0.1) is 17.8 Å². The maximum Gasteiger partial charge on any atom is 0.225 e. The van der Waals surface area contributed by atoms with Crippen molar-refractivity contribution in [2.24, 2.45) is 23.5 Å². The summed E-state index contributed by atoms with van der Waals surface area (Å²) in [4.78, 5) is 14.8. The summed E-state index contributed by atoms with van der Waals surface area (Å²) in [6, 6.07) is 8.96. The fraction of sp³-hybridized carbons (Fsp3) is 0.650. The van der Waals surface area contributed by atoms with E-state index in [-0.39, 0.29) is 18.3 Å². The zero-order valence-electron chi connectivity index (χ0n) is 14.9. The van der Waals surface area contributed by atoms with Crippen molar-refractivity contribution in [1.82, 2.24) is 4.90 Å². The van der Waals surface area contributed by atoms with E-state index < -0.39 is 0 Å². The quantitative estimate of drug-likeness (QED) is 0.898. The normalized spacial score (nSPS) is 28.8. The Morgan fingerprint density at radius 3 is 2.21 bits per heavy atom. The largest absolute Gasteiger partial charge is 0.341 e. The number of carbonyl (C=O) groups excluding carboxylic acids is 1. The third kappa shape index (κ3) is 4.12. The molecule has 0 radical (unpaired) electrons. The average molecular weight is 351 g/mol. The van der Waals surface area contributed by atoms with Crippen LogP contribution >= 0.6 is 12.4 Å². The molecule has 2 aliphatic rings. The van der Waals surface area contributed by atoms with E-state index in [1.54, 1.807) is 0 Å². The summed E-state index contributed by atoms with van der Waals surface area (Å²) >= 11 is 0. The molecule has 2 atom stereocenters. The highest BCUT2D eigenvalue weighted by molar-refractivity contribution is 5.85. The average Bonchev–Trinajstić information content (AvgIpc) is 2.54. The van der Waals surface area contributed by atoms with Crippen LogP contribution in [0.2, 0.25) is 0 Å². The van der Waals surface area contributed by atoms with Gasteiger partial charge in [0.15, 0.2) is 0 Å². The second kappa shape index (κ2) is 8.35. The van der Waals surface area contributed by atoms with E-state index in [9.17, 15) is 4.79 Å². The van der Waals surface area contributed by atoms with Gasteiger partial charge >= 0.3 is 0 Å². The van der Waals surface area contributed by atoms with Crippen molar-refractivity contribution in [3.63, 3.8) is 0 Å². The number of hydrogen-bond acceptors (Lipinski definition) is 2. The molecule has 1 amide bonds. The van der Waals surface area contributed by atoms with E-state index in [1.807, 2.05) is 11.9 Å². The lowest BCUT2D eigenvalue weighted by Gasteiger charge is -2.44. The lowest BCUT2D eigenvalue weighted by Crippen LogP contribution is -2.49. The molecule has 3 rings (SSSR count). The van der Waals surface area contributed by atoms with Gasteiger partial charge in [0.25, 0.3) is 0 Å². The maximum absolute atomic E-state index is 12.8. The van der Waals surface area contributed by atoms with Gasteiger partial charge in [0.2, 0.25) is 5.91 Å². The molecule has 2 bridgehead atoms. The Kier molecular flexibility index (Phi) is 6.70. The molecule has 0 aromatic heterocycles. The van der Waals surface area contributed by atoms with Crippen LogP contribution in [0.25, 0.3) is 0 Å². The van der Waals surface area contributed by atoms with Crippen LogP contribution in [-0.2, 0) is 17.8 Å². The Balaban J connectivity index is 0.00000208. The number of hydrogen-bond donors (Lipinski definition) is 1. The Labute approximate surface area is 152 Å². The number of carbonyl (C=O) groups is 1. The van der Waals surface area contributed by atoms with Gasteiger partial charge in [-0.05, 0) is 55.1 Å². The summed E-state index contributed by atoms with van der Waals surface area (Å²) in [5.41, 5.74) is 8.91. The molecule has 1 aromatic rings. The second-order valence-electron chi connectivity index (χ2n) is 7.56. The standard InChI is InChI=1S/C20H30N2O.ClH/c1-3-14-7-9-15(10-8-14)13-22(2)20(23)18-11-16-5-4-6-17(12-18)19(16)21;/h7-10,16-19H,3-6,11-13,21H2,1-2H3;1H. The Bertz CT molecular complexity index is 531. The fourth-order valence-corrected chi connectivity index (χ4v) is 4.53. The van der Waals surface area contributed by atoms with Crippen molar-refractivity contribution in [2.75, 3.05) is 7.05 Å². The number of nitrogens with zero attached hydrogens (tertiary/aromatic N) is 1. The predicted molar refractivity (Wildman–Crippen MR) is 101 cm³/mol. The number of rotatable bonds is 4. The van der Waals surface area contributed by atoms with Crippen LogP contribution in [0.5, 0.6) is 0 Å². The van der Waals surface area contributed by atoms with Crippen molar-refractivity contribution in [2.45, 2.75) is 58.0 Å². The molecule has 1 aromatic carbocycles. The minimum atomic E-state index is 0. The van der Waals surface area contributed by atoms with Gasteiger partial charge in [-0.1, -0.05) is 37.6 Å². The smallest absolute Gasteiger partial charge is 0.225 e. The van der Waals surface area contributed by atoms with Crippen molar-refractivity contribution < 1.29 is 4.79 Å². The molecule has 2 N–H and O–H groups in total. The van der Waals surface area contributed by atoms with Crippen LogP contribution in [0.15, 0.2) is 24.3 Å². The van der Waals surface area contributed by atoms with Gasteiger partial charge in [0.05, 0.1) is 0 Å². The van der Waals surface area contributed by atoms with E-state index in [1.165, 1.54) is 30.4 Å². The van der Waals surface area contributed by atoms with Gasteiger partial charge in [0, 0.05) is 25.6 Å². The van der Waals surface area contributed by atoms with E-state index in [2.05, 4.69) is 31.2 Å². The molecule has 2 saturated carbocycles. The van der Waals surface area contributed by atoms with Crippen molar-refractivity contribution in [1.29, 1.82) is 0 Å². The highest BCUT2D eigenvalue weighted by atomic mass is 35.5. The molecular weight excluding hydrogens is 320 g/mol. The Morgan fingerprint density at radius 2 is 1.67 bits per heavy atom. The number of halogens is 1. The van der Waals surface area contributed by atoms with Crippen LogP contribution in [0.1, 0.15) is 50.2 Å². The van der Waals surface area contributed by atoms with Gasteiger partial charge in [-0.25, -0.2) is 0 Å². The lowest BCUT2D eigenvalue weighted by atomic mass is 9.65. The molecule has 0 spiro atoms. The zero-order valence-corrected chi connectivity index (χ0v) is 15.7. The summed E-state index contributed by atoms with van der Waals surface area (Å²) < 4.78 is 0. The van der Waals surface area contributed by atoms with Crippen molar-refractivity contribution in [3.8, 4) is 0 Å². The number of aryl methyl sites for hydroxylation is 1. The van der Waals surface area contributed by atoms with Crippen LogP contribution in [0.3, 0.4) is 0 Å². The van der Waals surface area contributed by atoms with Gasteiger partial charge in [-0.15, -0.1) is 12.4 Å². The molecule has 134 valence electrons. The Morgan fingerprint density at radius 1 is 1.12 bits per heavy atom. The van der Waals surface area contributed by atoms with Gasteiger partial charge in [0.1, 0.15) is 0 Å². The van der Waals surface area contributed by atoms with E-state index >= 15 is 0 Å². The monoisotopic (exact) mass is 350 g/mol. The third-order valence-corrected chi connectivity index (χ3v) is 5.99. The number of nitrogens with two attached hydrogens (primary N) is 1. The van der Waals surface area contributed by atoms with Crippen LogP contribution < -0.4 is 5.73 Å². The van der Waals surface area contributed by atoms with E-state index in [4.69, 9.17) is 5.73 Å². The first-order valence-corrected chi connectivity index (χ1v) is 9.16. The fourth-order valence-electron chi connectivity index (χ4n) is 4.53. The van der Waals surface area contributed by atoms with Gasteiger partial charge in [-0.2, -0.15) is 0 Å². The number of amides is 1. The molecule has 0 heterocycles. The highest BCUT2D eigenvalue weighted by Crippen LogP contribution is 2.42. The molecule has 2 fully saturated rings. The summed E-state index contributed by atoms with van der Waals surface area (Å²) in [6.45, 7) is 2.87. The van der Waals surface area contributed by atoms with Gasteiger partial charge < -0.3 is 10.6 Å². The third-order valence-electron chi connectivity index (χ3n) is 5.99. The first-order valence-electron chi connectivity index (χ1n) is 9.16. The molecule has 0 aliphatic heterocycles. The maximum atomic E-state index is 12.8. The van der Waals surface area contributed by atoms with Crippen LogP contribution in [-0.4, -0.2) is 23.9 Å². The molecule has 0 saturated heterocycles. The molecule has 3 nitrogen and oxygen atoms in total. The minimum Gasteiger partial charge on any atom is -0.341 e. The molecule has 2 aliphatic carbocycles. The summed E-state index contributed by atoms with van der Waals surface area (Å²) in [5, 5.41) is 0. The van der Waals surface area contributed by atoms with E-state index in [0.29, 0.717) is 30.3 Å². The van der Waals surface area contributed by atoms with Gasteiger partial charge in [-0.3, -0.25) is 4.79 Å². The SMILES string of the molecule is CCc1ccc(CN(C)C(=O)C2CC3CCCC(C2)C3N)cc1.Cl. The molecule has 2 unspecified atom stereocenters. The molecule has 24 heavy (non-hydrogen) atoms. The van der Waals surface area contributed by atoms with E-state index in [0.717, 1.165) is 19.3 Å². The summed E-state index contributed by atoms with van der Waals surface area (Å²) in [7, 11) is 1.94. The van der Waals surface area contributed by atoms with Crippen molar-refractivity contribution >= 4 is 18.3 Å². The first kappa shape index (κ1) is 19.3. The summed E-state index contributed by atoms with van der Waals surface area (Å²) in [6.07, 6.45) is 6.77. The van der Waals surface area contributed by atoms with Crippen LogP contribution in [0.4, 0.5) is 0 Å². The first-order chi connectivity index (χ1) is 11.1. The lowest BCUT2D eigenvalue weighted by molar-refractivity contribution is -0.137.